The molecule has 2 aromatic rings. The molecule has 108 valence electrons. The molecule has 0 unspecified atom stereocenters. The molecule has 0 radical (unpaired) electrons. The van der Waals surface area contributed by atoms with Crippen molar-refractivity contribution in [2.24, 2.45) is 0 Å². The molecule has 0 saturated carbocycles. The Kier molecular flexibility index (Phi) is 6.60. The van der Waals surface area contributed by atoms with E-state index in [-0.39, 0.29) is 8.76 Å². The first-order valence-corrected chi connectivity index (χ1v) is 6.43. The van der Waals surface area contributed by atoms with Crippen LogP contribution in [0.1, 0.15) is 33.5 Å². The molecule has 5 heteroatoms. The van der Waals surface area contributed by atoms with Crippen molar-refractivity contribution >= 4 is 16.9 Å². The van der Waals surface area contributed by atoms with Crippen molar-refractivity contribution in [3.8, 4) is 0 Å². The second-order valence-electron chi connectivity index (χ2n) is 4.09. The zero-order valence-corrected chi connectivity index (χ0v) is 11.7. The number of rotatable bonds is 4. The highest BCUT2D eigenvalue weighted by Crippen LogP contribution is 2.11. The topological polar surface area (TPSA) is 67.0 Å². The van der Waals surface area contributed by atoms with Crippen LogP contribution in [-0.2, 0) is 4.74 Å². The largest absolute Gasteiger partial charge is 0.383 e. The van der Waals surface area contributed by atoms with Crippen molar-refractivity contribution in [1.29, 1.82) is 0 Å². The number of nitrogens with one attached hydrogen (secondary N) is 2. The highest BCUT2D eigenvalue weighted by molar-refractivity contribution is 5.97. The van der Waals surface area contributed by atoms with Crippen LogP contribution in [-0.4, -0.2) is 36.1 Å². The van der Waals surface area contributed by atoms with E-state index >= 15 is 0 Å². The van der Waals surface area contributed by atoms with Crippen molar-refractivity contribution in [1.82, 2.24) is 15.3 Å². The molecule has 0 atom stereocenters. The maximum atomic E-state index is 11.7. The van der Waals surface area contributed by atoms with Crippen LogP contribution in [0.3, 0.4) is 0 Å². The van der Waals surface area contributed by atoms with E-state index in [1.54, 1.807) is 25.6 Å². The molecular formula is C14H25N3O2. The van der Waals surface area contributed by atoms with Crippen LogP contribution in [0.15, 0.2) is 24.5 Å². The number of fused-ring (bicyclic) bond motifs is 1. The second-order valence-corrected chi connectivity index (χ2v) is 4.09. The minimum Gasteiger partial charge on any atom is -0.383 e. The van der Waals surface area contributed by atoms with Crippen molar-refractivity contribution in [2.45, 2.75) is 20.3 Å². The lowest BCUT2D eigenvalue weighted by Gasteiger charge is -2.04. The molecule has 2 N–H and O–H groups in total. The van der Waals surface area contributed by atoms with Gasteiger partial charge in [-0.2, -0.15) is 0 Å². The van der Waals surface area contributed by atoms with Crippen LogP contribution in [0.4, 0.5) is 0 Å². The lowest BCUT2D eigenvalue weighted by atomic mass is 10.2. The number of methoxy groups -OCH3 is 1. The van der Waals surface area contributed by atoms with Gasteiger partial charge in [-0.05, 0) is 18.2 Å². The summed E-state index contributed by atoms with van der Waals surface area (Å²) in [5, 5.41) is 2.76. The zero-order chi connectivity index (χ0) is 14.1. The van der Waals surface area contributed by atoms with E-state index < -0.39 is 0 Å². The number of benzene rings is 1. The van der Waals surface area contributed by atoms with Crippen molar-refractivity contribution < 1.29 is 12.4 Å². The number of H-pyrrole nitrogens is 1. The molecule has 19 heavy (non-hydrogen) atoms. The number of hydrogen-bond acceptors (Lipinski definition) is 3. The number of nitrogens with zero attached hydrogens (tertiary/aromatic N) is 1. The molecular weight excluding hydrogens is 242 g/mol. The van der Waals surface area contributed by atoms with E-state index in [0.29, 0.717) is 18.7 Å². The highest BCUT2D eigenvalue weighted by atomic mass is 16.5. The van der Waals surface area contributed by atoms with Gasteiger partial charge in [0.05, 0.1) is 24.0 Å². The second kappa shape index (κ2) is 8.26. The summed E-state index contributed by atoms with van der Waals surface area (Å²) < 4.78 is 4.86. The molecule has 1 amide bonds. The molecule has 1 aromatic heterocycles. The predicted molar refractivity (Wildman–Crippen MR) is 80.5 cm³/mol. The third-order valence-corrected chi connectivity index (χ3v) is 2.27. The summed E-state index contributed by atoms with van der Waals surface area (Å²) in [5.74, 6) is -0.103. The van der Waals surface area contributed by atoms with Gasteiger partial charge in [-0.15, -0.1) is 0 Å². The standard InChI is InChI=1S/C11H13N3O2.C3H8.2H2/c1-16-5-4-12-11(15)8-2-3-9-10(6-8)14-7-13-9;1-3-2;;/h2-3,6-7H,4-5H2,1H3,(H,12,15)(H,13,14);3H2,1-2H3;2*1H. The number of carbonyl (C=O) groups excluding carboxylic acids is 1. The first-order chi connectivity index (χ1) is 9.22. The number of aromatic amines is 1. The number of ether oxygens (including phenoxy) is 1. The summed E-state index contributed by atoms with van der Waals surface area (Å²) in [6.45, 7) is 5.27. The normalized spacial score (nSPS) is 9.84. The Morgan fingerprint density at radius 1 is 1.47 bits per heavy atom. The Morgan fingerprint density at radius 2 is 2.21 bits per heavy atom. The van der Waals surface area contributed by atoms with E-state index in [0.717, 1.165) is 11.0 Å². The molecule has 1 aromatic carbocycles. The number of imidazole rings is 1. The zero-order valence-electron chi connectivity index (χ0n) is 11.7. The molecule has 1 heterocycles. The Morgan fingerprint density at radius 3 is 2.89 bits per heavy atom. The van der Waals surface area contributed by atoms with Crippen LogP contribution in [0, 0.1) is 0 Å². The lowest BCUT2D eigenvalue weighted by molar-refractivity contribution is 0.0937. The predicted octanol–water partition coefficient (Wildman–Crippen LogP) is 2.85. The summed E-state index contributed by atoms with van der Waals surface area (Å²) >= 11 is 0. The van der Waals surface area contributed by atoms with Crippen molar-refractivity contribution in [3.63, 3.8) is 0 Å². The Labute approximate surface area is 116 Å². The van der Waals surface area contributed by atoms with Gasteiger partial charge in [-0.3, -0.25) is 4.79 Å². The van der Waals surface area contributed by atoms with Gasteiger partial charge >= 0.3 is 0 Å². The maximum Gasteiger partial charge on any atom is 0.251 e. The van der Waals surface area contributed by atoms with Gasteiger partial charge in [0.15, 0.2) is 0 Å². The average Bonchev–Trinajstić information content (AvgIpc) is 2.87. The van der Waals surface area contributed by atoms with Gasteiger partial charge in [0.2, 0.25) is 0 Å². The van der Waals surface area contributed by atoms with Crippen LogP contribution >= 0.6 is 0 Å². The van der Waals surface area contributed by atoms with Crippen LogP contribution in [0.25, 0.3) is 11.0 Å². The van der Waals surface area contributed by atoms with Gasteiger partial charge in [0, 0.05) is 22.1 Å². The third-order valence-electron chi connectivity index (χ3n) is 2.27. The van der Waals surface area contributed by atoms with Crippen molar-refractivity contribution in [3.05, 3.63) is 30.1 Å². The van der Waals surface area contributed by atoms with Crippen LogP contribution < -0.4 is 5.32 Å². The highest BCUT2D eigenvalue weighted by Gasteiger charge is 2.06. The van der Waals surface area contributed by atoms with E-state index in [4.69, 9.17) is 4.74 Å². The Bertz CT molecular complexity index is 518. The quantitative estimate of drug-likeness (QED) is 0.837. The molecule has 0 fully saturated rings. The first-order valence-electron chi connectivity index (χ1n) is 6.43. The van der Waals surface area contributed by atoms with E-state index in [9.17, 15) is 4.79 Å². The SMILES string of the molecule is CCC.COCCNC(=O)c1ccc2nc[nH]c2c1.[HH].[HH]. The van der Waals surface area contributed by atoms with Gasteiger partial charge in [0.25, 0.3) is 5.91 Å². The monoisotopic (exact) mass is 267 g/mol. The molecule has 2 rings (SSSR count). The van der Waals surface area contributed by atoms with E-state index in [1.807, 2.05) is 6.07 Å². The third kappa shape index (κ3) is 4.71. The number of amides is 1. The molecule has 0 aliphatic rings. The van der Waals surface area contributed by atoms with Crippen molar-refractivity contribution in [2.75, 3.05) is 20.3 Å². The summed E-state index contributed by atoms with van der Waals surface area (Å²) in [6.07, 6.45) is 2.86. The minimum atomic E-state index is -0.103. The fourth-order valence-electron chi connectivity index (χ4n) is 1.45. The fraction of sp³-hybridized carbons (Fsp3) is 0.429. The Hall–Kier alpha value is -1.88. The average molecular weight is 267 g/mol. The molecule has 0 aliphatic heterocycles. The van der Waals surface area contributed by atoms with Gasteiger partial charge in [-0.25, -0.2) is 4.98 Å². The van der Waals surface area contributed by atoms with Crippen LogP contribution in [0.5, 0.6) is 0 Å². The van der Waals surface area contributed by atoms with Gasteiger partial charge in [-0.1, -0.05) is 20.3 Å². The first kappa shape index (κ1) is 15.2. The number of aromatic nitrogens is 2. The van der Waals surface area contributed by atoms with Gasteiger partial charge in [0.1, 0.15) is 0 Å². The lowest BCUT2D eigenvalue weighted by Crippen LogP contribution is -2.26. The number of hydrogen-bond donors (Lipinski definition) is 2. The summed E-state index contributed by atoms with van der Waals surface area (Å²) in [7, 11) is 1.60. The van der Waals surface area contributed by atoms with Gasteiger partial charge < -0.3 is 15.0 Å². The fourth-order valence-corrected chi connectivity index (χ4v) is 1.45. The smallest absolute Gasteiger partial charge is 0.251 e. The minimum absolute atomic E-state index is 0. The molecule has 0 spiro atoms. The van der Waals surface area contributed by atoms with E-state index in [1.165, 1.54) is 6.42 Å². The summed E-state index contributed by atoms with van der Waals surface area (Å²) in [4.78, 5) is 18.7. The summed E-state index contributed by atoms with van der Waals surface area (Å²) in [5.41, 5.74) is 2.33. The van der Waals surface area contributed by atoms with E-state index in [2.05, 4.69) is 29.1 Å². The van der Waals surface area contributed by atoms with Crippen LogP contribution in [0.2, 0.25) is 0 Å². The summed E-state index contributed by atoms with van der Waals surface area (Å²) in [6, 6.07) is 5.35. The molecule has 0 bridgehead atoms. The Balaban J connectivity index is 0. The molecule has 0 aliphatic carbocycles. The number of carbonyl (C=O) groups is 1. The maximum absolute atomic E-state index is 11.7. The molecule has 0 saturated heterocycles. The molecule has 5 nitrogen and oxygen atoms in total.